The fourth-order valence-corrected chi connectivity index (χ4v) is 1.95. The average molecular weight is 304 g/mol. The van der Waals surface area contributed by atoms with Gasteiger partial charge < -0.3 is 9.47 Å². The summed E-state index contributed by atoms with van der Waals surface area (Å²) in [6.45, 7) is 12.2. The van der Waals surface area contributed by atoms with Crippen molar-refractivity contribution in [1.29, 1.82) is 0 Å². The zero-order chi connectivity index (χ0) is 16.5. The summed E-state index contributed by atoms with van der Waals surface area (Å²) in [5.74, 6) is 6.94. The van der Waals surface area contributed by atoms with Gasteiger partial charge in [0, 0.05) is 24.8 Å². The van der Waals surface area contributed by atoms with E-state index in [4.69, 9.17) is 9.47 Å². The van der Waals surface area contributed by atoms with E-state index in [9.17, 15) is 0 Å². The molecule has 1 heterocycles. The normalized spacial score (nSPS) is 19.6. The zero-order valence-corrected chi connectivity index (χ0v) is 14.6. The maximum absolute atomic E-state index is 5.74. The van der Waals surface area contributed by atoms with Crippen LogP contribution in [0.5, 0.6) is 5.88 Å². The molecular weight excluding hydrogens is 276 g/mol. The summed E-state index contributed by atoms with van der Waals surface area (Å²) in [6.07, 6.45) is 2.65. The fourth-order valence-electron chi connectivity index (χ4n) is 1.95. The Morgan fingerprint density at radius 3 is 2.23 bits per heavy atom. The Labute approximate surface area is 134 Å². The second-order valence-electron chi connectivity index (χ2n) is 5.70. The highest BCUT2D eigenvalue weighted by molar-refractivity contribution is 5.28. The van der Waals surface area contributed by atoms with E-state index in [0.29, 0.717) is 23.6 Å². The van der Waals surface area contributed by atoms with Crippen LogP contribution < -0.4 is 4.74 Å². The van der Waals surface area contributed by atoms with Crippen LogP contribution in [-0.2, 0) is 4.74 Å². The molecule has 4 heteroatoms. The van der Waals surface area contributed by atoms with Crippen molar-refractivity contribution in [3.05, 3.63) is 17.8 Å². The van der Waals surface area contributed by atoms with Gasteiger partial charge in [0.1, 0.15) is 11.8 Å². The molecule has 0 N–H and O–H groups in total. The van der Waals surface area contributed by atoms with Crippen LogP contribution in [0.4, 0.5) is 0 Å². The lowest BCUT2D eigenvalue weighted by Crippen LogP contribution is -2.40. The molecule has 0 spiro atoms. The first kappa shape index (κ1) is 18.4. The molecule has 122 valence electrons. The zero-order valence-electron chi connectivity index (χ0n) is 14.6. The molecule has 0 aromatic carbocycles. The van der Waals surface area contributed by atoms with E-state index in [0.717, 1.165) is 12.8 Å². The minimum absolute atomic E-state index is 0.195. The van der Waals surface area contributed by atoms with Crippen LogP contribution in [0.25, 0.3) is 0 Å². The van der Waals surface area contributed by atoms with Crippen molar-refractivity contribution in [3.8, 4) is 17.7 Å². The van der Waals surface area contributed by atoms with Crippen LogP contribution in [0, 0.1) is 17.8 Å². The lowest BCUT2D eigenvalue weighted by Gasteiger charge is -2.35. The van der Waals surface area contributed by atoms with Crippen molar-refractivity contribution in [1.82, 2.24) is 10.2 Å². The summed E-state index contributed by atoms with van der Waals surface area (Å²) < 4.78 is 11.4. The molecule has 0 unspecified atom stereocenters. The average Bonchev–Trinajstić information content (AvgIpc) is 2.46. The maximum Gasteiger partial charge on any atom is 0.233 e. The van der Waals surface area contributed by atoms with E-state index < -0.39 is 0 Å². The van der Waals surface area contributed by atoms with E-state index in [-0.39, 0.29) is 12.2 Å². The monoisotopic (exact) mass is 304 g/mol. The molecule has 0 saturated heterocycles. The molecule has 1 aliphatic carbocycles. The second kappa shape index (κ2) is 9.42. The van der Waals surface area contributed by atoms with Gasteiger partial charge in [-0.15, -0.1) is 10.2 Å². The smallest absolute Gasteiger partial charge is 0.233 e. The van der Waals surface area contributed by atoms with Crippen molar-refractivity contribution < 1.29 is 9.47 Å². The molecule has 0 aliphatic heterocycles. The minimum Gasteiger partial charge on any atom is -0.473 e. The van der Waals surface area contributed by atoms with Gasteiger partial charge in [-0.1, -0.05) is 33.6 Å². The number of nitrogens with zero attached hydrogens (tertiary/aromatic N) is 2. The van der Waals surface area contributed by atoms with E-state index in [1.165, 1.54) is 0 Å². The van der Waals surface area contributed by atoms with Crippen molar-refractivity contribution in [3.63, 3.8) is 0 Å². The molecular formula is C18H28N2O2. The molecule has 22 heavy (non-hydrogen) atoms. The summed E-state index contributed by atoms with van der Waals surface area (Å²) >= 11 is 0. The van der Waals surface area contributed by atoms with Crippen LogP contribution in [0.1, 0.15) is 60.1 Å². The van der Waals surface area contributed by atoms with Gasteiger partial charge in [-0.2, -0.15) is 0 Å². The minimum atomic E-state index is 0.195. The standard InChI is InChI=1S/C16H22N2O2.C2H6/c1-11(2)5-6-13-7-8-16(18-17-13)20-15-9-14(10-15)19-12(3)4;1-2/h7-8,11-12,14-15H,9-10H2,1-4H3;1-2H3. The van der Waals surface area contributed by atoms with E-state index >= 15 is 0 Å². The molecule has 1 fully saturated rings. The number of ether oxygens (including phenoxy) is 2. The van der Waals surface area contributed by atoms with Gasteiger partial charge in [-0.25, -0.2) is 0 Å². The van der Waals surface area contributed by atoms with Crippen molar-refractivity contribution >= 4 is 0 Å². The second-order valence-corrected chi connectivity index (χ2v) is 5.70. The predicted molar refractivity (Wildman–Crippen MR) is 88.8 cm³/mol. The third-order valence-corrected chi connectivity index (χ3v) is 2.93. The topological polar surface area (TPSA) is 44.2 Å². The molecule has 2 rings (SSSR count). The van der Waals surface area contributed by atoms with Gasteiger partial charge in [0.2, 0.25) is 5.88 Å². The van der Waals surface area contributed by atoms with Gasteiger partial charge >= 0.3 is 0 Å². The molecule has 4 nitrogen and oxygen atoms in total. The van der Waals surface area contributed by atoms with E-state index in [1.807, 2.05) is 39.8 Å². The summed E-state index contributed by atoms with van der Waals surface area (Å²) in [5, 5.41) is 8.10. The molecule has 0 atom stereocenters. The van der Waals surface area contributed by atoms with Crippen LogP contribution in [0.15, 0.2) is 12.1 Å². The lowest BCUT2D eigenvalue weighted by atomic mass is 9.92. The van der Waals surface area contributed by atoms with Crippen LogP contribution in [-0.4, -0.2) is 28.5 Å². The van der Waals surface area contributed by atoms with Crippen molar-refractivity contribution in [2.75, 3.05) is 0 Å². The van der Waals surface area contributed by atoms with E-state index in [1.54, 1.807) is 0 Å². The van der Waals surface area contributed by atoms with Gasteiger partial charge in [-0.3, -0.25) is 0 Å². The summed E-state index contributed by atoms with van der Waals surface area (Å²) in [4.78, 5) is 0. The Morgan fingerprint density at radius 1 is 1.05 bits per heavy atom. The fraction of sp³-hybridized carbons (Fsp3) is 0.667. The summed E-state index contributed by atoms with van der Waals surface area (Å²) in [6, 6.07) is 3.67. The number of rotatable bonds is 4. The van der Waals surface area contributed by atoms with Gasteiger partial charge in [0.25, 0.3) is 0 Å². The SMILES string of the molecule is CC.CC(C)C#Cc1ccc(OC2CC(OC(C)C)C2)nn1. The number of hydrogen-bond acceptors (Lipinski definition) is 4. The van der Waals surface area contributed by atoms with Crippen LogP contribution in [0.3, 0.4) is 0 Å². The quantitative estimate of drug-likeness (QED) is 0.793. The first-order valence-electron chi connectivity index (χ1n) is 8.20. The van der Waals surface area contributed by atoms with E-state index in [2.05, 4.69) is 35.9 Å². The van der Waals surface area contributed by atoms with Crippen LogP contribution >= 0.6 is 0 Å². The molecule has 0 bridgehead atoms. The Kier molecular flexibility index (Phi) is 7.90. The molecule has 1 aliphatic rings. The van der Waals surface area contributed by atoms with Gasteiger partial charge in [0.15, 0.2) is 0 Å². The molecule has 0 amide bonds. The first-order valence-corrected chi connectivity index (χ1v) is 8.20. The summed E-state index contributed by atoms with van der Waals surface area (Å²) in [5.41, 5.74) is 0.681. The number of hydrogen-bond donors (Lipinski definition) is 0. The largest absolute Gasteiger partial charge is 0.473 e. The highest BCUT2D eigenvalue weighted by Gasteiger charge is 2.32. The summed E-state index contributed by atoms with van der Waals surface area (Å²) in [7, 11) is 0. The molecule has 1 aromatic rings. The molecule has 1 saturated carbocycles. The van der Waals surface area contributed by atoms with Gasteiger partial charge in [0.05, 0.1) is 12.2 Å². The van der Waals surface area contributed by atoms with Crippen LogP contribution in [0.2, 0.25) is 0 Å². The third-order valence-electron chi connectivity index (χ3n) is 2.93. The Balaban J connectivity index is 0.00000116. The highest BCUT2D eigenvalue weighted by Crippen LogP contribution is 2.28. The molecule has 0 radical (unpaired) electrons. The maximum atomic E-state index is 5.74. The predicted octanol–water partition coefficient (Wildman–Crippen LogP) is 3.85. The first-order chi connectivity index (χ1) is 10.5. The molecule has 1 aromatic heterocycles. The Bertz CT molecular complexity index is 480. The lowest BCUT2D eigenvalue weighted by molar-refractivity contribution is -0.0861. The Morgan fingerprint density at radius 2 is 1.73 bits per heavy atom. The Hall–Kier alpha value is -1.60. The number of aromatic nitrogens is 2. The third kappa shape index (κ3) is 6.44. The van der Waals surface area contributed by atoms with Gasteiger partial charge in [-0.05, 0) is 25.8 Å². The van der Waals surface area contributed by atoms with Crippen molar-refractivity contribution in [2.45, 2.75) is 72.7 Å². The van der Waals surface area contributed by atoms with Crippen molar-refractivity contribution in [2.24, 2.45) is 5.92 Å². The highest BCUT2D eigenvalue weighted by atomic mass is 16.5.